The second-order valence-corrected chi connectivity index (χ2v) is 9.09. The van der Waals surface area contributed by atoms with Gasteiger partial charge in [0.15, 0.2) is 5.79 Å². The number of aryl methyl sites for hydroxylation is 1. The number of hydrogen-bond donors (Lipinski definition) is 0. The monoisotopic (exact) mass is 402 g/mol. The van der Waals surface area contributed by atoms with Crippen LogP contribution < -0.4 is 0 Å². The van der Waals surface area contributed by atoms with Crippen molar-refractivity contribution in [3.63, 3.8) is 0 Å². The molecular formula is C26H30N2O2. The van der Waals surface area contributed by atoms with Crippen molar-refractivity contribution < 1.29 is 9.47 Å². The second-order valence-electron chi connectivity index (χ2n) is 9.09. The number of aromatic nitrogens is 2. The molecule has 2 unspecified atom stereocenters. The zero-order valence-electron chi connectivity index (χ0n) is 17.9. The van der Waals surface area contributed by atoms with E-state index in [0.29, 0.717) is 0 Å². The van der Waals surface area contributed by atoms with Gasteiger partial charge in [-0.05, 0) is 56.4 Å². The number of hydrogen-bond acceptors (Lipinski definition) is 3. The van der Waals surface area contributed by atoms with Gasteiger partial charge < -0.3 is 9.47 Å². The highest BCUT2D eigenvalue weighted by Crippen LogP contribution is 2.58. The molecule has 1 saturated heterocycles. The van der Waals surface area contributed by atoms with E-state index in [1.807, 2.05) is 18.3 Å². The molecule has 0 N–H and O–H groups in total. The third kappa shape index (κ3) is 2.78. The summed E-state index contributed by atoms with van der Waals surface area (Å²) in [7, 11) is 0. The molecule has 5 rings (SSSR count). The maximum atomic E-state index is 6.69. The lowest BCUT2D eigenvalue weighted by Crippen LogP contribution is -2.53. The van der Waals surface area contributed by atoms with Crippen LogP contribution in [0.4, 0.5) is 0 Å². The molecule has 0 radical (unpaired) electrons. The summed E-state index contributed by atoms with van der Waals surface area (Å²) in [6.07, 6.45) is 12.7. The lowest BCUT2D eigenvalue weighted by atomic mass is 9.62. The summed E-state index contributed by atoms with van der Waals surface area (Å²) in [5, 5.41) is 4.74. The molecule has 2 fully saturated rings. The highest BCUT2D eigenvalue weighted by atomic mass is 16.8. The number of fused-ring (bicyclic) bond motifs is 3. The van der Waals surface area contributed by atoms with E-state index in [-0.39, 0.29) is 17.6 Å². The second kappa shape index (κ2) is 7.07. The van der Waals surface area contributed by atoms with E-state index in [9.17, 15) is 0 Å². The lowest BCUT2D eigenvalue weighted by Gasteiger charge is -2.51. The Morgan fingerprint density at radius 2 is 2.03 bits per heavy atom. The normalized spacial score (nSPS) is 32.4. The summed E-state index contributed by atoms with van der Waals surface area (Å²) in [4.78, 5) is 0. The molecule has 4 heteroatoms. The summed E-state index contributed by atoms with van der Waals surface area (Å²) in [6.45, 7) is 12.3. The molecule has 3 aliphatic rings. The van der Waals surface area contributed by atoms with Crippen molar-refractivity contribution in [2.24, 2.45) is 5.41 Å². The Morgan fingerprint density at radius 3 is 2.77 bits per heavy atom. The van der Waals surface area contributed by atoms with Gasteiger partial charge in [-0.2, -0.15) is 5.10 Å². The molecule has 0 bridgehead atoms. The predicted molar refractivity (Wildman–Crippen MR) is 119 cm³/mol. The molecule has 1 aromatic carbocycles. The quantitative estimate of drug-likeness (QED) is 0.629. The van der Waals surface area contributed by atoms with Crippen LogP contribution in [0.25, 0.3) is 11.8 Å². The molecule has 2 heterocycles. The van der Waals surface area contributed by atoms with E-state index in [4.69, 9.17) is 14.6 Å². The Hall–Kier alpha value is -2.43. The SMILES string of the molecule is C=CCC1OC2(CCCC3=Cc4c(cnn4-c4ccc(C)cc4)C[C@@]32C)O[C@@H]1C=C. The van der Waals surface area contributed by atoms with Crippen LogP contribution in [-0.2, 0) is 15.9 Å². The molecular weight excluding hydrogens is 372 g/mol. The highest BCUT2D eigenvalue weighted by Gasteiger charge is 2.61. The van der Waals surface area contributed by atoms with Crippen molar-refractivity contribution in [1.82, 2.24) is 9.78 Å². The third-order valence-electron chi connectivity index (χ3n) is 7.19. The van der Waals surface area contributed by atoms with Gasteiger partial charge in [0.2, 0.25) is 0 Å². The molecule has 2 aromatic rings. The van der Waals surface area contributed by atoms with Gasteiger partial charge in [0, 0.05) is 11.8 Å². The van der Waals surface area contributed by atoms with E-state index in [2.05, 4.69) is 62.0 Å². The predicted octanol–water partition coefficient (Wildman–Crippen LogP) is 5.55. The fourth-order valence-corrected chi connectivity index (χ4v) is 5.47. The molecule has 1 spiro atoms. The standard InChI is InChI=1S/C26H30N2O2/c1-5-8-24-23(6-2)29-26(30-24)14-7-9-20-15-22-19(16-25(20,26)4)17-27-28(22)21-12-10-18(3)11-13-21/h5-6,10-13,15,17,23-24H,1-2,7-9,14,16H2,3-4H3/t23-,24?,25+,26?/m1/s1. The molecule has 1 aliphatic heterocycles. The summed E-state index contributed by atoms with van der Waals surface area (Å²) in [6, 6.07) is 8.53. The van der Waals surface area contributed by atoms with Gasteiger partial charge in [0.1, 0.15) is 6.10 Å². The van der Waals surface area contributed by atoms with Crippen LogP contribution in [0.15, 0.2) is 61.3 Å². The lowest BCUT2D eigenvalue weighted by molar-refractivity contribution is -0.245. The fourth-order valence-electron chi connectivity index (χ4n) is 5.47. The number of benzene rings is 1. The summed E-state index contributed by atoms with van der Waals surface area (Å²) >= 11 is 0. The van der Waals surface area contributed by atoms with Crippen molar-refractivity contribution in [3.8, 4) is 5.69 Å². The molecule has 2 aliphatic carbocycles. The Bertz CT molecular complexity index is 1020. The van der Waals surface area contributed by atoms with Crippen molar-refractivity contribution in [1.29, 1.82) is 0 Å². The van der Waals surface area contributed by atoms with Crippen LogP contribution in [0.3, 0.4) is 0 Å². The van der Waals surface area contributed by atoms with Crippen molar-refractivity contribution in [3.05, 3.63) is 78.2 Å². The zero-order chi connectivity index (χ0) is 20.9. The van der Waals surface area contributed by atoms with E-state index in [1.54, 1.807) is 0 Å². The van der Waals surface area contributed by atoms with Crippen molar-refractivity contribution in [2.45, 2.75) is 63.9 Å². The first kappa shape index (κ1) is 19.5. The smallest absolute Gasteiger partial charge is 0.179 e. The van der Waals surface area contributed by atoms with Crippen LogP contribution in [0.5, 0.6) is 0 Å². The number of nitrogens with zero attached hydrogens (tertiary/aromatic N) is 2. The molecule has 156 valence electrons. The van der Waals surface area contributed by atoms with Gasteiger partial charge in [0.25, 0.3) is 0 Å². The molecule has 1 saturated carbocycles. The average Bonchev–Trinajstić information content (AvgIpc) is 3.30. The van der Waals surface area contributed by atoms with Crippen LogP contribution in [0, 0.1) is 12.3 Å². The van der Waals surface area contributed by atoms with Crippen LogP contribution in [0.1, 0.15) is 49.4 Å². The number of ether oxygens (including phenoxy) is 2. The Labute approximate surface area is 178 Å². The largest absolute Gasteiger partial charge is 0.342 e. The minimum absolute atomic E-state index is 0.0205. The van der Waals surface area contributed by atoms with Gasteiger partial charge in [0.05, 0.1) is 23.7 Å². The fraction of sp³-hybridized carbons (Fsp3) is 0.423. The van der Waals surface area contributed by atoms with Gasteiger partial charge in [-0.1, -0.05) is 42.3 Å². The summed E-state index contributed by atoms with van der Waals surface area (Å²) in [5.74, 6) is -0.618. The Balaban J connectivity index is 1.55. The molecule has 4 atom stereocenters. The third-order valence-corrected chi connectivity index (χ3v) is 7.19. The molecule has 0 amide bonds. The van der Waals surface area contributed by atoms with Gasteiger partial charge in [-0.3, -0.25) is 0 Å². The van der Waals surface area contributed by atoms with Crippen molar-refractivity contribution >= 4 is 6.08 Å². The van der Waals surface area contributed by atoms with Gasteiger partial charge in [-0.15, -0.1) is 13.2 Å². The first-order chi connectivity index (χ1) is 14.5. The molecule has 4 nitrogen and oxygen atoms in total. The first-order valence-electron chi connectivity index (χ1n) is 10.9. The van der Waals surface area contributed by atoms with Crippen molar-refractivity contribution in [2.75, 3.05) is 0 Å². The molecule has 1 aromatic heterocycles. The number of rotatable bonds is 4. The minimum Gasteiger partial charge on any atom is -0.342 e. The first-order valence-corrected chi connectivity index (χ1v) is 10.9. The Kier molecular flexibility index (Phi) is 4.60. The summed E-state index contributed by atoms with van der Waals surface area (Å²) in [5.41, 5.74) is 5.97. The zero-order valence-corrected chi connectivity index (χ0v) is 17.9. The van der Waals surface area contributed by atoms with E-state index >= 15 is 0 Å². The Morgan fingerprint density at radius 1 is 1.23 bits per heavy atom. The van der Waals surface area contributed by atoms with Gasteiger partial charge in [-0.25, -0.2) is 4.68 Å². The minimum atomic E-state index is -0.618. The summed E-state index contributed by atoms with van der Waals surface area (Å²) < 4.78 is 15.4. The van der Waals surface area contributed by atoms with E-state index in [0.717, 1.165) is 37.8 Å². The average molecular weight is 403 g/mol. The van der Waals surface area contributed by atoms with Gasteiger partial charge >= 0.3 is 0 Å². The van der Waals surface area contributed by atoms with E-state index < -0.39 is 5.79 Å². The highest BCUT2D eigenvalue weighted by molar-refractivity contribution is 5.62. The molecule has 30 heavy (non-hydrogen) atoms. The topological polar surface area (TPSA) is 36.3 Å². The van der Waals surface area contributed by atoms with Crippen LogP contribution in [-0.4, -0.2) is 27.8 Å². The van der Waals surface area contributed by atoms with Crippen LogP contribution >= 0.6 is 0 Å². The maximum absolute atomic E-state index is 6.69. The van der Waals surface area contributed by atoms with E-state index in [1.165, 1.54) is 22.4 Å². The van der Waals surface area contributed by atoms with Crippen LogP contribution in [0.2, 0.25) is 0 Å². The maximum Gasteiger partial charge on any atom is 0.179 e.